The van der Waals surface area contributed by atoms with E-state index in [1.54, 1.807) is 0 Å². The van der Waals surface area contributed by atoms with Crippen molar-refractivity contribution >= 4 is 37.2 Å². The van der Waals surface area contributed by atoms with Crippen LogP contribution in [0, 0.1) is 0 Å². The third-order valence-corrected chi connectivity index (χ3v) is 8.66. The molecule has 0 saturated carbocycles. The third kappa shape index (κ3) is 12.2. The van der Waals surface area contributed by atoms with Crippen molar-refractivity contribution in [2.45, 2.75) is 15.7 Å². The maximum absolute atomic E-state index is 14.8. The van der Waals surface area contributed by atoms with Crippen molar-refractivity contribution in [3.8, 4) is 0 Å². The Hall–Kier alpha value is 1.14. The Balaban J connectivity index is -0.00000133. The van der Waals surface area contributed by atoms with Crippen LogP contribution in [-0.2, 0) is 13.9 Å². The van der Waals surface area contributed by atoms with E-state index in [1.807, 2.05) is 0 Å². The fourth-order valence-electron chi connectivity index (χ4n) is 2.28. The summed E-state index contributed by atoms with van der Waals surface area (Å²) < 4.78 is 59.2. The van der Waals surface area contributed by atoms with E-state index in [-0.39, 0.29) is 82.5 Å². The zero-order chi connectivity index (χ0) is 15.7. The molecule has 0 bridgehead atoms. The van der Waals surface area contributed by atoms with Gasteiger partial charge in [0.05, 0.1) is 0 Å². The summed E-state index contributed by atoms with van der Waals surface area (Å²) in [5.41, 5.74) is 0. The molecule has 0 aromatic rings. The number of hydrogen-bond donors (Lipinski definition) is 3. The van der Waals surface area contributed by atoms with Crippen LogP contribution in [0.25, 0.3) is 0 Å². The van der Waals surface area contributed by atoms with Crippen LogP contribution in [0.15, 0.2) is 0 Å². The van der Waals surface area contributed by atoms with E-state index in [0.29, 0.717) is 26.2 Å². The molecule has 0 radical (unpaired) electrons. The minimum atomic E-state index is -10.0. The van der Waals surface area contributed by atoms with Gasteiger partial charge in [-0.1, -0.05) is 0 Å². The molecule has 3 N–H and O–H groups in total. The van der Waals surface area contributed by atoms with Gasteiger partial charge in [0.25, 0.3) is 0 Å². The van der Waals surface area contributed by atoms with Crippen LogP contribution >= 0.6 is 37.2 Å². The molecule has 0 aliphatic carbocycles. The Morgan fingerprint density at radius 3 is 1.13 bits per heavy atom. The zero-order valence-corrected chi connectivity index (χ0v) is 17.9. The van der Waals surface area contributed by atoms with Gasteiger partial charge >= 0.3 is 114 Å². The Kier molecular flexibility index (Phi) is 7.67. The second kappa shape index (κ2) is 6.10. The zero-order valence-electron chi connectivity index (χ0n) is 13.8. The van der Waals surface area contributed by atoms with E-state index >= 15 is 0 Å². The van der Waals surface area contributed by atoms with Gasteiger partial charge in [-0.25, -0.2) is 0 Å². The van der Waals surface area contributed by atoms with Crippen LogP contribution in [0.1, 0.15) is 0 Å². The Bertz CT molecular complexity index is 374. The number of hydrogen-bond acceptors (Lipinski definition) is 4. The first kappa shape index (κ1) is 28.9. The first-order valence-electron chi connectivity index (χ1n) is 7.23. The van der Waals surface area contributed by atoms with Gasteiger partial charge in [0.2, 0.25) is 0 Å². The predicted molar refractivity (Wildman–Crippen MR) is 94.0 cm³/mol. The van der Waals surface area contributed by atoms with Gasteiger partial charge in [-0.3, -0.25) is 0 Å². The minimum absolute atomic E-state index is 0. The summed E-state index contributed by atoms with van der Waals surface area (Å²) in [5.74, 6) is 0. The van der Waals surface area contributed by atoms with Crippen LogP contribution in [-0.4, -0.2) is 55.7 Å². The van der Waals surface area contributed by atoms with E-state index in [2.05, 4.69) is 16.0 Å². The number of halogens is 7. The SMILES string of the molecule is Cl.Cl.Cl.[CH3][Ti]([CH3])([CH3])([F])([F])([F])([F])[N]1CCNCCNCCNCC1. The summed E-state index contributed by atoms with van der Waals surface area (Å²) in [4.78, 5) is 0. The summed E-state index contributed by atoms with van der Waals surface area (Å²) in [6, 6.07) is 0. The quantitative estimate of drug-likeness (QED) is 0.425. The second-order valence-corrected chi connectivity index (χ2v) is 25.7. The molecule has 23 heavy (non-hydrogen) atoms. The van der Waals surface area contributed by atoms with E-state index in [9.17, 15) is 12.4 Å². The fraction of sp³-hybridized carbons (Fsp3) is 1.00. The molecular weight excluding hydrogens is 418 g/mol. The molecule has 1 aliphatic rings. The number of nitrogens with one attached hydrogen (secondary N) is 3. The molecule has 1 rings (SSSR count). The first-order valence-corrected chi connectivity index (χ1v) is 15.0. The molecule has 0 amide bonds. The fourth-order valence-corrected chi connectivity index (χ4v) is 5.78. The molecule has 0 aromatic carbocycles. The standard InChI is InChI=1S/C8H19N4.3CH3.3ClH.4FH.Ti/c1-2-10-5-6-12-8-7-11-4-3-9-1;;;;;;;;;;;/h9-11H,1-8H2;3*1H3;7*1H;/q-1;;;;;;;;;;;+5/p-4. The summed E-state index contributed by atoms with van der Waals surface area (Å²) in [7, 11) is 0. The van der Waals surface area contributed by atoms with Gasteiger partial charge < -0.3 is 0 Å². The van der Waals surface area contributed by atoms with E-state index in [4.69, 9.17) is 0 Å². The first-order chi connectivity index (χ1) is 8.50. The van der Waals surface area contributed by atoms with Crippen molar-refractivity contribution in [3.63, 3.8) is 0 Å². The van der Waals surface area contributed by atoms with E-state index < -0.39 is 13.9 Å². The van der Waals surface area contributed by atoms with Crippen molar-refractivity contribution in [2.24, 2.45) is 0 Å². The predicted octanol–water partition coefficient (Wildman–Crippen LogP) is 3.23. The summed E-state index contributed by atoms with van der Waals surface area (Å²) >= 11 is -10.0. The summed E-state index contributed by atoms with van der Waals surface area (Å²) in [6.07, 6.45) is 0. The van der Waals surface area contributed by atoms with Crippen LogP contribution in [0.4, 0.5) is 12.4 Å². The summed E-state index contributed by atoms with van der Waals surface area (Å²) in [5, 5.41) is 8.60. The molecule has 0 unspecified atom stereocenters. The Morgan fingerprint density at radius 1 is 0.609 bits per heavy atom. The number of rotatable bonds is 1. The topological polar surface area (TPSA) is 39.3 Å². The molecule has 1 saturated heterocycles. The molecule has 1 fully saturated rings. The van der Waals surface area contributed by atoms with Crippen LogP contribution in [0.3, 0.4) is 0 Å². The summed E-state index contributed by atoms with van der Waals surface area (Å²) in [6.45, 7) is 1.93. The van der Waals surface area contributed by atoms with Crippen molar-refractivity contribution in [1.29, 1.82) is 0 Å². The van der Waals surface area contributed by atoms with Gasteiger partial charge in [-0.15, -0.1) is 37.2 Å². The molecule has 12 heteroatoms. The second-order valence-electron chi connectivity index (χ2n) is 8.44. The molecule has 0 aromatic heterocycles. The van der Waals surface area contributed by atoms with Crippen molar-refractivity contribution in [3.05, 3.63) is 0 Å². The normalized spacial score (nSPS) is 25.9. The van der Waals surface area contributed by atoms with Crippen LogP contribution < -0.4 is 16.0 Å². The molecule has 0 atom stereocenters. The molecule has 0 spiro atoms. The maximum atomic E-state index is 14.8. The molecule has 1 heterocycles. The average molecular weight is 450 g/mol. The molecule has 148 valence electrons. The Labute approximate surface area is 150 Å². The van der Waals surface area contributed by atoms with Gasteiger partial charge in [0.15, 0.2) is 0 Å². The van der Waals surface area contributed by atoms with Gasteiger partial charge in [0.1, 0.15) is 0 Å². The monoisotopic (exact) mass is 448 g/mol. The van der Waals surface area contributed by atoms with E-state index in [1.165, 1.54) is 0 Å². The molecule has 4 nitrogen and oxygen atoms in total. The van der Waals surface area contributed by atoms with Gasteiger partial charge in [-0.2, -0.15) is 0 Å². The average Bonchev–Trinajstić information content (AvgIpc) is 2.12. The van der Waals surface area contributed by atoms with Crippen LogP contribution in [0.5, 0.6) is 0 Å². The van der Waals surface area contributed by atoms with Gasteiger partial charge in [-0.05, 0) is 0 Å². The van der Waals surface area contributed by atoms with Gasteiger partial charge in [0, 0.05) is 0 Å². The Morgan fingerprint density at radius 2 is 0.870 bits per heavy atom. The van der Waals surface area contributed by atoms with Crippen molar-refractivity contribution < 1.29 is 26.2 Å². The van der Waals surface area contributed by atoms with Crippen molar-refractivity contribution in [2.75, 3.05) is 52.4 Å². The molecule has 1 aliphatic heterocycles. The molecular formula is C11H31Cl3F4N4Ti. The van der Waals surface area contributed by atoms with Crippen LogP contribution in [0.2, 0.25) is 15.7 Å². The number of nitrogens with zero attached hydrogens (tertiary/aromatic N) is 1. The third-order valence-electron chi connectivity index (χ3n) is 3.50. The van der Waals surface area contributed by atoms with E-state index in [0.717, 1.165) is 0 Å². The van der Waals surface area contributed by atoms with Crippen molar-refractivity contribution in [1.82, 2.24) is 19.3 Å².